The first-order chi connectivity index (χ1) is 14.7. The highest BCUT2D eigenvalue weighted by Crippen LogP contribution is 2.54. The molecule has 0 spiro atoms. The van der Waals surface area contributed by atoms with Gasteiger partial charge in [0.25, 0.3) is 0 Å². The molecule has 3 atom stereocenters. The number of hydrogen-bond acceptors (Lipinski definition) is 4. The molecular formula is C22H25F3N2O4S. The molecule has 1 aliphatic carbocycles. The normalized spacial score (nSPS) is 21.5. The van der Waals surface area contributed by atoms with Gasteiger partial charge in [0.15, 0.2) is 0 Å². The van der Waals surface area contributed by atoms with E-state index in [1.807, 2.05) is 19.9 Å². The summed E-state index contributed by atoms with van der Waals surface area (Å²) in [5.74, 6) is -0.748. The zero-order chi connectivity index (χ0) is 23.9. The van der Waals surface area contributed by atoms with Crippen molar-refractivity contribution in [2.24, 2.45) is 5.92 Å². The zero-order valence-electron chi connectivity index (χ0n) is 18.1. The molecule has 0 radical (unpaired) electrons. The molecule has 174 valence electrons. The number of carbonyl (C=O) groups excluding carboxylic acids is 1. The Labute approximate surface area is 185 Å². The van der Waals surface area contributed by atoms with Crippen LogP contribution in [-0.4, -0.2) is 26.9 Å². The van der Waals surface area contributed by atoms with Gasteiger partial charge in [-0.15, -0.1) is 13.2 Å². The van der Waals surface area contributed by atoms with Gasteiger partial charge >= 0.3 is 6.36 Å². The van der Waals surface area contributed by atoms with Crippen LogP contribution in [0.3, 0.4) is 0 Å². The minimum Gasteiger partial charge on any atom is -0.406 e. The minimum atomic E-state index is -4.75. The predicted octanol–water partition coefficient (Wildman–Crippen LogP) is 4.42. The van der Waals surface area contributed by atoms with E-state index in [-0.39, 0.29) is 23.6 Å². The summed E-state index contributed by atoms with van der Waals surface area (Å²) in [4.78, 5) is 12.8. The molecule has 1 amide bonds. The maximum absolute atomic E-state index is 12.8. The number of rotatable bonds is 7. The fraction of sp³-hybridized carbons (Fsp3) is 0.409. The Balaban J connectivity index is 1.64. The van der Waals surface area contributed by atoms with Gasteiger partial charge < -0.3 is 10.1 Å². The first-order valence-corrected chi connectivity index (χ1v) is 11.8. The lowest BCUT2D eigenvalue weighted by atomic mass is 9.95. The van der Waals surface area contributed by atoms with Crippen molar-refractivity contribution < 1.29 is 31.1 Å². The van der Waals surface area contributed by atoms with Gasteiger partial charge in [-0.1, -0.05) is 31.2 Å². The number of sulfonamides is 1. The molecule has 0 unspecified atom stereocenters. The molecule has 1 saturated carbocycles. The molecule has 32 heavy (non-hydrogen) atoms. The van der Waals surface area contributed by atoms with Crippen LogP contribution in [-0.2, 0) is 20.2 Å². The van der Waals surface area contributed by atoms with Crippen molar-refractivity contribution in [3.05, 3.63) is 59.2 Å². The number of anilines is 1. The topological polar surface area (TPSA) is 84.5 Å². The third kappa shape index (κ3) is 5.73. The van der Waals surface area contributed by atoms with E-state index in [2.05, 4.69) is 14.8 Å². The van der Waals surface area contributed by atoms with Gasteiger partial charge in [0.2, 0.25) is 15.9 Å². The lowest BCUT2D eigenvalue weighted by molar-refractivity contribution is -0.274. The summed E-state index contributed by atoms with van der Waals surface area (Å²) < 4.78 is 66.2. The maximum Gasteiger partial charge on any atom is 0.573 e. The summed E-state index contributed by atoms with van der Waals surface area (Å²) in [5, 5.41) is 2.97. The standard InChI is InChI=1S/C22H25F3N2O4S/c1-13-11-15(5-10-19(13)27-32(4,29)30)14(2)26-20(28)18-12-21(18,3)16-6-8-17(9-7-16)31-22(23,24)25/h5-11,14,18,27H,12H2,1-4H3,(H,26,28)/t14-,18+,21+/m1/s1. The molecular weight excluding hydrogens is 445 g/mol. The Kier molecular flexibility index (Phi) is 6.21. The minimum absolute atomic E-state index is 0.147. The summed E-state index contributed by atoms with van der Waals surface area (Å²) in [6.45, 7) is 5.51. The Morgan fingerprint density at radius 2 is 1.81 bits per heavy atom. The number of aryl methyl sites for hydroxylation is 1. The van der Waals surface area contributed by atoms with Crippen molar-refractivity contribution in [3.8, 4) is 5.75 Å². The fourth-order valence-corrected chi connectivity index (χ4v) is 4.40. The number of hydrogen-bond donors (Lipinski definition) is 2. The van der Waals surface area contributed by atoms with E-state index in [9.17, 15) is 26.4 Å². The van der Waals surface area contributed by atoms with Crippen LogP contribution < -0.4 is 14.8 Å². The van der Waals surface area contributed by atoms with Crippen LogP contribution >= 0.6 is 0 Å². The lowest BCUT2D eigenvalue weighted by Gasteiger charge is -2.18. The third-order valence-corrected chi connectivity index (χ3v) is 6.30. The largest absolute Gasteiger partial charge is 0.573 e. The number of alkyl halides is 3. The van der Waals surface area contributed by atoms with Gasteiger partial charge in [-0.05, 0) is 55.2 Å². The highest BCUT2D eigenvalue weighted by atomic mass is 32.2. The molecule has 6 nitrogen and oxygen atoms in total. The van der Waals surface area contributed by atoms with Gasteiger partial charge in [-0.3, -0.25) is 9.52 Å². The first kappa shape index (κ1) is 23.9. The summed E-state index contributed by atoms with van der Waals surface area (Å²) in [6.07, 6.45) is -3.09. The van der Waals surface area contributed by atoms with Crippen molar-refractivity contribution in [3.63, 3.8) is 0 Å². The molecule has 10 heteroatoms. The van der Waals surface area contributed by atoms with Crippen molar-refractivity contribution in [2.75, 3.05) is 11.0 Å². The Hall–Kier alpha value is -2.75. The van der Waals surface area contributed by atoms with Crippen LogP contribution in [0.4, 0.5) is 18.9 Å². The van der Waals surface area contributed by atoms with Gasteiger partial charge in [0, 0.05) is 11.3 Å². The predicted molar refractivity (Wildman–Crippen MR) is 115 cm³/mol. The molecule has 1 fully saturated rings. The Morgan fingerprint density at radius 3 is 2.34 bits per heavy atom. The number of halogens is 3. The van der Waals surface area contributed by atoms with Crippen LogP contribution in [0.15, 0.2) is 42.5 Å². The Bertz CT molecular complexity index is 1120. The second kappa shape index (κ2) is 8.31. The average Bonchev–Trinajstić information content (AvgIpc) is 3.34. The van der Waals surface area contributed by atoms with Gasteiger partial charge in [-0.25, -0.2) is 8.42 Å². The van der Waals surface area contributed by atoms with Crippen molar-refractivity contribution in [1.29, 1.82) is 0 Å². The summed E-state index contributed by atoms with van der Waals surface area (Å²) in [7, 11) is -3.39. The van der Waals surface area contributed by atoms with E-state index in [0.29, 0.717) is 12.1 Å². The highest BCUT2D eigenvalue weighted by Gasteiger charge is 2.55. The van der Waals surface area contributed by atoms with Gasteiger partial charge in [-0.2, -0.15) is 0 Å². The fourth-order valence-electron chi connectivity index (χ4n) is 3.77. The molecule has 0 heterocycles. The smallest absolute Gasteiger partial charge is 0.406 e. The first-order valence-electron chi connectivity index (χ1n) is 9.93. The molecule has 2 aromatic rings. The molecule has 0 aliphatic heterocycles. The van der Waals surface area contributed by atoms with Crippen LogP contribution in [0.25, 0.3) is 0 Å². The van der Waals surface area contributed by atoms with Crippen LogP contribution in [0.2, 0.25) is 0 Å². The summed E-state index contributed by atoms with van der Waals surface area (Å²) >= 11 is 0. The van der Waals surface area contributed by atoms with E-state index < -0.39 is 21.8 Å². The summed E-state index contributed by atoms with van der Waals surface area (Å²) in [6, 6.07) is 10.5. The number of carbonyl (C=O) groups is 1. The highest BCUT2D eigenvalue weighted by molar-refractivity contribution is 7.92. The molecule has 2 aromatic carbocycles. The molecule has 0 aromatic heterocycles. The molecule has 3 rings (SSSR count). The summed E-state index contributed by atoms with van der Waals surface area (Å²) in [5.41, 5.74) is 2.34. The van der Waals surface area contributed by atoms with Crippen molar-refractivity contribution in [2.45, 2.75) is 45.0 Å². The second-order valence-electron chi connectivity index (χ2n) is 8.43. The van der Waals surface area contributed by atoms with E-state index in [4.69, 9.17) is 0 Å². The molecule has 0 bridgehead atoms. The zero-order valence-corrected chi connectivity index (χ0v) is 18.9. The van der Waals surface area contributed by atoms with Crippen LogP contribution in [0.1, 0.15) is 43.0 Å². The second-order valence-corrected chi connectivity index (χ2v) is 10.2. The quantitative estimate of drug-likeness (QED) is 0.628. The van der Waals surface area contributed by atoms with Crippen LogP contribution in [0.5, 0.6) is 5.75 Å². The van der Waals surface area contributed by atoms with E-state index in [1.54, 1.807) is 31.2 Å². The van der Waals surface area contributed by atoms with E-state index in [0.717, 1.165) is 22.9 Å². The number of benzene rings is 2. The van der Waals surface area contributed by atoms with Crippen LogP contribution in [0, 0.1) is 12.8 Å². The lowest BCUT2D eigenvalue weighted by Crippen LogP contribution is -2.30. The number of amides is 1. The molecule has 2 N–H and O–H groups in total. The van der Waals surface area contributed by atoms with E-state index >= 15 is 0 Å². The van der Waals surface area contributed by atoms with Crippen molar-refractivity contribution in [1.82, 2.24) is 5.32 Å². The Morgan fingerprint density at radius 1 is 1.19 bits per heavy atom. The van der Waals surface area contributed by atoms with Gasteiger partial charge in [0.1, 0.15) is 5.75 Å². The SMILES string of the molecule is Cc1cc([C@@H](C)NC(=O)[C@@H]2C[C@@]2(C)c2ccc(OC(F)(F)F)cc2)ccc1NS(C)(=O)=O. The molecule has 0 saturated heterocycles. The number of nitrogens with one attached hydrogen (secondary N) is 2. The van der Waals surface area contributed by atoms with Crippen molar-refractivity contribution >= 4 is 21.6 Å². The van der Waals surface area contributed by atoms with E-state index in [1.165, 1.54) is 12.1 Å². The maximum atomic E-state index is 12.8. The monoisotopic (exact) mass is 470 g/mol. The third-order valence-electron chi connectivity index (χ3n) is 5.71. The molecule has 1 aliphatic rings. The number of ether oxygens (including phenoxy) is 1. The van der Waals surface area contributed by atoms with Gasteiger partial charge in [0.05, 0.1) is 18.0 Å². The average molecular weight is 471 g/mol.